The summed E-state index contributed by atoms with van der Waals surface area (Å²) in [6.07, 6.45) is 1.51. The van der Waals surface area contributed by atoms with E-state index in [9.17, 15) is 9.90 Å². The van der Waals surface area contributed by atoms with Gasteiger partial charge in [-0.25, -0.2) is 0 Å². The van der Waals surface area contributed by atoms with E-state index >= 15 is 0 Å². The zero-order valence-corrected chi connectivity index (χ0v) is 14.6. The highest BCUT2D eigenvalue weighted by molar-refractivity contribution is 5.84. The highest BCUT2D eigenvalue weighted by Crippen LogP contribution is 2.35. The fraction of sp³-hybridized carbons (Fsp3) is 0.556. The molecule has 6 nitrogen and oxygen atoms in total. The number of aliphatic hydroxyl groups is 1. The lowest BCUT2D eigenvalue weighted by molar-refractivity contribution is -0.121. The van der Waals surface area contributed by atoms with Crippen LogP contribution < -0.4 is 11.1 Å². The SMILES string of the molecule is CC(C)(C)OCCNCC=Nc1ccc2c(c1)C(C(N)=O)C(O)C2. The quantitative estimate of drug-likeness (QED) is 0.517. The third-order valence-corrected chi connectivity index (χ3v) is 3.87. The molecular weight excluding hydrogens is 306 g/mol. The van der Waals surface area contributed by atoms with Gasteiger partial charge in [-0.05, 0) is 50.5 Å². The van der Waals surface area contributed by atoms with E-state index in [1.807, 2.05) is 39.0 Å². The number of nitrogens with zero attached hydrogens (tertiary/aromatic N) is 1. The van der Waals surface area contributed by atoms with Gasteiger partial charge in [0.25, 0.3) is 0 Å². The number of aliphatic imine (C=N–C) groups is 1. The van der Waals surface area contributed by atoms with E-state index in [0.717, 1.165) is 23.4 Å². The highest BCUT2D eigenvalue weighted by atomic mass is 16.5. The van der Waals surface area contributed by atoms with Crippen molar-refractivity contribution in [3.8, 4) is 0 Å². The number of aliphatic hydroxyl groups excluding tert-OH is 1. The molecule has 1 aromatic rings. The van der Waals surface area contributed by atoms with Crippen LogP contribution in [-0.4, -0.2) is 48.6 Å². The van der Waals surface area contributed by atoms with Crippen molar-refractivity contribution in [2.24, 2.45) is 10.7 Å². The summed E-state index contributed by atoms with van der Waals surface area (Å²) in [6.45, 7) is 8.11. The van der Waals surface area contributed by atoms with Crippen LogP contribution in [0.1, 0.15) is 37.8 Å². The molecule has 0 heterocycles. The monoisotopic (exact) mass is 333 g/mol. The Morgan fingerprint density at radius 1 is 1.50 bits per heavy atom. The molecule has 0 aliphatic heterocycles. The summed E-state index contributed by atoms with van der Waals surface area (Å²) in [6, 6.07) is 5.62. The summed E-state index contributed by atoms with van der Waals surface area (Å²) >= 11 is 0. The topological polar surface area (TPSA) is 96.9 Å². The first-order valence-corrected chi connectivity index (χ1v) is 8.25. The fourth-order valence-corrected chi connectivity index (χ4v) is 2.78. The van der Waals surface area contributed by atoms with E-state index in [1.54, 1.807) is 6.21 Å². The first kappa shape index (κ1) is 18.6. The van der Waals surface area contributed by atoms with Crippen molar-refractivity contribution in [2.45, 2.75) is 44.8 Å². The second-order valence-electron chi connectivity index (χ2n) is 7.01. The highest BCUT2D eigenvalue weighted by Gasteiger charge is 2.35. The standard InChI is InChI=1S/C18H27N3O3/c1-18(2,3)24-9-8-20-6-7-21-13-5-4-12-10-15(22)16(17(19)23)14(12)11-13/h4-5,7,11,15-16,20,22H,6,8-10H2,1-3H3,(H2,19,23). The molecule has 0 saturated heterocycles. The third-order valence-electron chi connectivity index (χ3n) is 3.87. The predicted molar refractivity (Wildman–Crippen MR) is 94.8 cm³/mol. The average molecular weight is 333 g/mol. The third kappa shape index (κ3) is 5.12. The van der Waals surface area contributed by atoms with Crippen LogP contribution in [0, 0.1) is 0 Å². The second kappa shape index (κ2) is 7.88. The van der Waals surface area contributed by atoms with Crippen LogP contribution in [0.25, 0.3) is 0 Å². The van der Waals surface area contributed by atoms with Crippen molar-refractivity contribution in [2.75, 3.05) is 19.7 Å². The molecule has 0 saturated carbocycles. The van der Waals surface area contributed by atoms with E-state index in [4.69, 9.17) is 10.5 Å². The lowest BCUT2D eigenvalue weighted by Gasteiger charge is -2.19. The molecule has 1 aromatic carbocycles. The second-order valence-corrected chi connectivity index (χ2v) is 7.01. The van der Waals surface area contributed by atoms with Gasteiger partial charge in [0.15, 0.2) is 0 Å². The summed E-state index contributed by atoms with van der Waals surface area (Å²) < 4.78 is 5.61. The molecule has 132 valence electrons. The van der Waals surface area contributed by atoms with Gasteiger partial charge in [-0.15, -0.1) is 0 Å². The van der Waals surface area contributed by atoms with Gasteiger partial charge in [0.05, 0.1) is 29.9 Å². The lowest BCUT2D eigenvalue weighted by atomic mass is 9.99. The zero-order valence-electron chi connectivity index (χ0n) is 14.6. The zero-order chi connectivity index (χ0) is 17.7. The molecule has 0 radical (unpaired) electrons. The van der Waals surface area contributed by atoms with E-state index in [-0.39, 0.29) is 5.60 Å². The Balaban J connectivity index is 1.85. The Morgan fingerprint density at radius 2 is 2.25 bits per heavy atom. The molecule has 0 bridgehead atoms. The van der Waals surface area contributed by atoms with Crippen LogP contribution in [0.5, 0.6) is 0 Å². The minimum atomic E-state index is -0.735. The van der Waals surface area contributed by atoms with Gasteiger partial charge in [-0.3, -0.25) is 9.79 Å². The van der Waals surface area contributed by atoms with Crippen LogP contribution in [0.2, 0.25) is 0 Å². The summed E-state index contributed by atoms with van der Waals surface area (Å²) in [5.41, 5.74) is 7.77. The predicted octanol–water partition coefficient (Wildman–Crippen LogP) is 1.28. The number of nitrogens with two attached hydrogens (primary N) is 1. The number of hydrogen-bond acceptors (Lipinski definition) is 5. The van der Waals surface area contributed by atoms with Gasteiger partial charge >= 0.3 is 0 Å². The van der Waals surface area contributed by atoms with E-state index in [0.29, 0.717) is 19.6 Å². The average Bonchev–Trinajstić information content (AvgIpc) is 2.80. The number of carbonyl (C=O) groups excluding carboxylic acids is 1. The number of rotatable bonds is 7. The fourth-order valence-electron chi connectivity index (χ4n) is 2.78. The molecule has 2 rings (SSSR count). The van der Waals surface area contributed by atoms with Crippen LogP contribution in [0.15, 0.2) is 23.2 Å². The van der Waals surface area contributed by atoms with E-state index in [1.165, 1.54) is 0 Å². The Labute approximate surface area is 143 Å². The molecular formula is C18H27N3O3. The maximum absolute atomic E-state index is 11.5. The van der Waals surface area contributed by atoms with E-state index in [2.05, 4.69) is 10.3 Å². The van der Waals surface area contributed by atoms with Crippen molar-refractivity contribution in [3.05, 3.63) is 29.3 Å². The van der Waals surface area contributed by atoms with Crippen molar-refractivity contribution in [1.82, 2.24) is 5.32 Å². The number of fused-ring (bicyclic) bond motifs is 1. The molecule has 24 heavy (non-hydrogen) atoms. The minimum absolute atomic E-state index is 0.123. The van der Waals surface area contributed by atoms with E-state index < -0.39 is 17.9 Å². The Hall–Kier alpha value is -1.76. The smallest absolute Gasteiger partial charge is 0.227 e. The van der Waals surface area contributed by atoms with Gasteiger partial charge in [-0.1, -0.05) is 6.07 Å². The van der Waals surface area contributed by atoms with Gasteiger partial charge in [0.1, 0.15) is 0 Å². The van der Waals surface area contributed by atoms with Crippen molar-refractivity contribution in [1.29, 1.82) is 0 Å². The summed E-state index contributed by atoms with van der Waals surface area (Å²) in [7, 11) is 0. The van der Waals surface area contributed by atoms with Crippen LogP contribution >= 0.6 is 0 Å². The van der Waals surface area contributed by atoms with Gasteiger partial charge < -0.3 is 20.9 Å². The van der Waals surface area contributed by atoms with Crippen LogP contribution in [-0.2, 0) is 16.0 Å². The maximum atomic E-state index is 11.5. The normalized spacial score (nSPS) is 20.5. The molecule has 0 aromatic heterocycles. The van der Waals surface area contributed by atoms with Gasteiger partial charge in [0.2, 0.25) is 5.91 Å². The van der Waals surface area contributed by atoms with Crippen LogP contribution in [0.4, 0.5) is 5.69 Å². The van der Waals surface area contributed by atoms with Gasteiger partial charge in [-0.2, -0.15) is 0 Å². The van der Waals surface area contributed by atoms with Crippen LogP contribution in [0.3, 0.4) is 0 Å². The van der Waals surface area contributed by atoms with Crippen molar-refractivity contribution < 1.29 is 14.6 Å². The molecule has 0 fully saturated rings. The Kier molecular flexibility index (Phi) is 6.10. The summed E-state index contributed by atoms with van der Waals surface area (Å²) in [5, 5.41) is 13.2. The molecule has 4 N–H and O–H groups in total. The number of benzene rings is 1. The summed E-state index contributed by atoms with van der Waals surface area (Å²) in [5.74, 6) is -1.13. The number of carbonyl (C=O) groups is 1. The van der Waals surface area contributed by atoms with Crippen molar-refractivity contribution >= 4 is 17.8 Å². The Morgan fingerprint density at radius 3 is 2.92 bits per heavy atom. The largest absolute Gasteiger partial charge is 0.392 e. The van der Waals surface area contributed by atoms with Gasteiger partial charge in [0, 0.05) is 19.3 Å². The number of ether oxygens (including phenoxy) is 1. The molecule has 6 heteroatoms. The molecule has 1 aliphatic carbocycles. The number of nitrogens with one attached hydrogen (secondary N) is 1. The first-order chi connectivity index (χ1) is 11.3. The number of amides is 1. The molecule has 0 spiro atoms. The summed E-state index contributed by atoms with van der Waals surface area (Å²) in [4.78, 5) is 15.9. The number of primary amides is 1. The molecule has 2 unspecified atom stereocenters. The maximum Gasteiger partial charge on any atom is 0.227 e. The number of hydrogen-bond donors (Lipinski definition) is 3. The minimum Gasteiger partial charge on any atom is -0.392 e. The molecule has 1 amide bonds. The first-order valence-electron chi connectivity index (χ1n) is 8.25. The lowest BCUT2D eigenvalue weighted by Crippen LogP contribution is -2.28. The Bertz CT molecular complexity index is 608. The molecule has 1 aliphatic rings. The van der Waals surface area contributed by atoms with Crippen molar-refractivity contribution in [3.63, 3.8) is 0 Å². The molecule has 2 atom stereocenters.